The van der Waals surface area contributed by atoms with Crippen molar-refractivity contribution in [3.05, 3.63) is 0 Å². The van der Waals surface area contributed by atoms with E-state index in [2.05, 4.69) is 0 Å². The van der Waals surface area contributed by atoms with E-state index in [0.29, 0.717) is 18.8 Å². The summed E-state index contributed by atoms with van der Waals surface area (Å²) in [5, 5.41) is 0. The van der Waals surface area contributed by atoms with Crippen LogP contribution in [-0.2, 0) is 23.8 Å². The van der Waals surface area contributed by atoms with Crippen molar-refractivity contribution in [2.75, 3.05) is 6.79 Å². The summed E-state index contributed by atoms with van der Waals surface area (Å²) >= 11 is 0. The molecule has 8 rings (SSSR count). The van der Waals surface area contributed by atoms with E-state index in [-0.39, 0.29) is 30.2 Å². The van der Waals surface area contributed by atoms with Crippen molar-refractivity contribution < 1.29 is 32.6 Å². The Morgan fingerprint density at radius 3 is 1.91 bits per heavy atom. The molecule has 8 aliphatic carbocycles. The van der Waals surface area contributed by atoms with Gasteiger partial charge in [-0.15, -0.1) is 0 Å². The predicted molar refractivity (Wildman–Crippen MR) is 119 cm³/mol. The molecule has 0 aliphatic heterocycles. The number of halogens is 2. The molecule has 0 N–H and O–H groups in total. The third-order valence-corrected chi connectivity index (χ3v) is 10.8. The van der Waals surface area contributed by atoms with Gasteiger partial charge in [-0.05, 0) is 101 Å². The Morgan fingerprint density at radius 1 is 0.853 bits per heavy atom. The van der Waals surface area contributed by atoms with Gasteiger partial charge >= 0.3 is 17.9 Å². The van der Waals surface area contributed by atoms with E-state index >= 15 is 0 Å². The minimum absolute atomic E-state index is 0.0156. The molecule has 0 aromatic carbocycles. The Balaban J connectivity index is 1.10. The Bertz CT molecular complexity index is 818. The first kappa shape index (κ1) is 23.2. The lowest BCUT2D eigenvalue weighted by Gasteiger charge is -2.62. The minimum Gasteiger partial charge on any atom is -0.454 e. The maximum Gasteiger partial charge on any atom is 0.377 e. The van der Waals surface area contributed by atoms with E-state index in [1.807, 2.05) is 0 Å². The van der Waals surface area contributed by atoms with Gasteiger partial charge < -0.3 is 14.2 Å². The minimum atomic E-state index is -3.47. The van der Waals surface area contributed by atoms with Crippen molar-refractivity contribution in [2.24, 2.45) is 40.9 Å². The molecular formula is C27H38F2O5. The summed E-state index contributed by atoms with van der Waals surface area (Å²) < 4.78 is 45.6. The number of carbonyl (C=O) groups is 2. The average molecular weight is 481 g/mol. The molecule has 5 nitrogen and oxygen atoms in total. The number of hydrogen-bond acceptors (Lipinski definition) is 5. The van der Waals surface area contributed by atoms with E-state index in [4.69, 9.17) is 14.2 Å². The summed E-state index contributed by atoms with van der Waals surface area (Å²) in [7, 11) is 0. The van der Waals surface area contributed by atoms with Gasteiger partial charge in [0.1, 0.15) is 5.60 Å². The Morgan fingerprint density at radius 2 is 1.38 bits per heavy atom. The van der Waals surface area contributed by atoms with Crippen LogP contribution >= 0.6 is 0 Å². The van der Waals surface area contributed by atoms with Gasteiger partial charge in [0.15, 0.2) is 6.79 Å². The van der Waals surface area contributed by atoms with Crippen molar-refractivity contribution in [1.29, 1.82) is 0 Å². The van der Waals surface area contributed by atoms with Gasteiger partial charge in [0.25, 0.3) is 0 Å². The molecule has 8 fully saturated rings. The second kappa shape index (κ2) is 7.63. The number of alkyl halides is 2. The maximum absolute atomic E-state index is 14.0. The predicted octanol–water partition coefficient (Wildman–Crippen LogP) is 5.65. The van der Waals surface area contributed by atoms with Crippen LogP contribution in [0, 0.1) is 40.9 Å². The van der Waals surface area contributed by atoms with Gasteiger partial charge in [0.05, 0.1) is 11.0 Å². The van der Waals surface area contributed by atoms with Crippen molar-refractivity contribution in [3.63, 3.8) is 0 Å². The molecule has 8 bridgehead atoms. The highest BCUT2D eigenvalue weighted by Crippen LogP contribution is 2.65. The highest BCUT2D eigenvalue weighted by molar-refractivity contribution is 5.79. The summed E-state index contributed by atoms with van der Waals surface area (Å²) in [6.45, 7) is 3.11. The first-order valence-corrected chi connectivity index (χ1v) is 13.5. The summed E-state index contributed by atoms with van der Waals surface area (Å²) in [4.78, 5) is 25.6. The Labute approximate surface area is 200 Å². The fourth-order valence-corrected chi connectivity index (χ4v) is 9.59. The quantitative estimate of drug-likeness (QED) is 0.348. The normalized spacial score (nSPS) is 48.2. The number of esters is 2. The SMILES string of the molecule is CCC(F)(F)C(=O)OC1(C)C2CC3CC1CC(C(=O)OCOC14CC5CC(CC(C5)C1)C4)(C3)C2. The highest BCUT2D eigenvalue weighted by atomic mass is 19.3. The molecule has 8 saturated carbocycles. The van der Waals surface area contributed by atoms with Crippen LogP contribution in [0.2, 0.25) is 0 Å². The van der Waals surface area contributed by atoms with Crippen molar-refractivity contribution in [2.45, 2.75) is 108 Å². The van der Waals surface area contributed by atoms with Crippen LogP contribution in [0.15, 0.2) is 0 Å². The van der Waals surface area contributed by atoms with Gasteiger partial charge in [-0.1, -0.05) is 6.92 Å². The van der Waals surface area contributed by atoms with E-state index in [0.717, 1.165) is 56.3 Å². The van der Waals surface area contributed by atoms with Crippen molar-refractivity contribution in [1.82, 2.24) is 0 Å². The van der Waals surface area contributed by atoms with E-state index in [9.17, 15) is 18.4 Å². The third kappa shape index (κ3) is 3.54. The number of ether oxygens (including phenoxy) is 3. The second-order valence-electron chi connectivity index (χ2n) is 13.0. The second-order valence-corrected chi connectivity index (χ2v) is 13.0. The third-order valence-electron chi connectivity index (χ3n) is 10.8. The van der Waals surface area contributed by atoms with Crippen LogP contribution in [0.5, 0.6) is 0 Å². The van der Waals surface area contributed by atoms with Crippen LogP contribution in [0.3, 0.4) is 0 Å². The smallest absolute Gasteiger partial charge is 0.377 e. The molecule has 0 aromatic rings. The van der Waals surface area contributed by atoms with Crippen LogP contribution < -0.4 is 0 Å². The molecule has 7 heteroatoms. The zero-order valence-corrected chi connectivity index (χ0v) is 20.5. The lowest BCUT2D eigenvalue weighted by atomic mass is 9.45. The molecule has 8 aliphatic rings. The standard InChI is InChI=1S/C27H38F2O5/c1-3-27(28,29)23(31)34-24(2)20-7-19-8-21(24)14-25(9-19,13-20)22(30)32-15-33-26-10-16-4-17(11-26)6-18(5-16)12-26/h16-21H,3-15H2,1-2H3. The zero-order valence-electron chi connectivity index (χ0n) is 20.5. The molecular weight excluding hydrogens is 442 g/mol. The number of rotatable bonds is 7. The molecule has 0 radical (unpaired) electrons. The van der Waals surface area contributed by atoms with Crippen molar-refractivity contribution >= 4 is 11.9 Å². The molecule has 0 aromatic heterocycles. The Kier molecular flexibility index (Phi) is 5.20. The number of carbonyl (C=O) groups excluding carboxylic acids is 2. The lowest BCUT2D eigenvalue weighted by molar-refractivity contribution is -0.245. The van der Waals surface area contributed by atoms with E-state index in [1.54, 1.807) is 6.92 Å². The molecule has 2 unspecified atom stereocenters. The monoisotopic (exact) mass is 480 g/mol. The van der Waals surface area contributed by atoms with Gasteiger partial charge in [-0.25, -0.2) is 4.79 Å². The van der Waals surface area contributed by atoms with Gasteiger partial charge in [-0.3, -0.25) is 4.79 Å². The van der Waals surface area contributed by atoms with E-state index < -0.39 is 29.3 Å². The summed E-state index contributed by atoms with van der Waals surface area (Å²) in [6.07, 6.45) is 10.2. The van der Waals surface area contributed by atoms with E-state index in [1.165, 1.54) is 26.2 Å². The van der Waals surface area contributed by atoms with Crippen LogP contribution in [-0.4, -0.2) is 35.9 Å². The van der Waals surface area contributed by atoms with Crippen LogP contribution in [0.4, 0.5) is 8.78 Å². The number of hydrogen-bond donors (Lipinski definition) is 0. The van der Waals surface area contributed by atoms with Crippen molar-refractivity contribution in [3.8, 4) is 0 Å². The molecule has 34 heavy (non-hydrogen) atoms. The topological polar surface area (TPSA) is 61.8 Å². The molecule has 2 atom stereocenters. The molecule has 190 valence electrons. The summed E-state index contributed by atoms with van der Waals surface area (Å²) in [5.74, 6) is -2.62. The summed E-state index contributed by atoms with van der Waals surface area (Å²) in [6, 6.07) is 0. The van der Waals surface area contributed by atoms with Gasteiger partial charge in [-0.2, -0.15) is 8.78 Å². The molecule has 0 amide bonds. The highest BCUT2D eigenvalue weighted by Gasteiger charge is 2.65. The first-order chi connectivity index (χ1) is 16.0. The molecule has 0 heterocycles. The lowest BCUT2D eigenvalue weighted by Crippen LogP contribution is -2.64. The van der Waals surface area contributed by atoms with Gasteiger partial charge in [0.2, 0.25) is 0 Å². The average Bonchev–Trinajstić information content (AvgIpc) is 2.76. The fraction of sp³-hybridized carbons (Fsp3) is 0.926. The van der Waals surface area contributed by atoms with Gasteiger partial charge in [0, 0.05) is 18.3 Å². The van der Waals surface area contributed by atoms with Crippen LogP contribution in [0.25, 0.3) is 0 Å². The molecule has 0 saturated heterocycles. The molecule has 0 spiro atoms. The zero-order chi connectivity index (χ0) is 23.9. The fourth-order valence-electron chi connectivity index (χ4n) is 9.59. The Hall–Kier alpha value is -1.24. The maximum atomic E-state index is 14.0. The summed E-state index contributed by atoms with van der Waals surface area (Å²) in [5.41, 5.74) is -1.64. The van der Waals surface area contributed by atoms with Crippen LogP contribution in [0.1, 0.15) is 90.9 Å². The first-order valence-electron chi connectivity index (χ1n) is 13.5. The largest absolute Gasteiger partial charge is 0.454 e.